The molecule has 7 heteroatoms. The molecule has 0 saturated carbocycles. The van der Waals surface area contributed by atoms with Crippen LogP contribution in [0.2, 0.25) is 0 Å². The van der Waals surface area contributed by atoms with Gasteiger partial charge < -0.3 is 14.2 Å². The number of benzene rings is 1. The third-order valence-electron chi connectivity index (χ3n) is 5.91. The second kappa shape index (κ2) is 9.71. The summed E-state index contributed by atoms with van der Waals surface area (Å²) < 4.78 is 11.6. The highest BCUT2D eigenvalue weighted by Crippen LogP contribution is 2.27. The van der Waals surface area contributed by atoms with Crippen LogP contribution in [0, 0.1) is 19.8 Å². The molecule has 1 aliphatic heterocycles. The molecule has 1 aliphatic rings. The minimum absolute atomic E-state index is 0. The Bertz CT molecular complexity index is 1110. The van der Waals surface area contributed by atoms with Crippen molar-refractivity contribution in [2.45, 2.75) is 39.7 Å². The molecule has 1 fully saturated rings. The first kappa shape index (κ1) is 23.1. The molecular formula is C24H29ClN2O4. The largest absolute Gasteiger partial charge is 0.465 e. The fourth-order valence-corrected chi connectivity index (χ4v) is 4.03. The topological polar surface area (TPSA) is 75.7 Å². The number of piperidine rings is 1. The van der Waals surface area contributed by atoms with Crippen LogP contribution in [0.5, 0.6) is 0 Å². The van der Waals surface area contributed by atoms with Gasteiger partial charge in [0.25, 0.3) is 5.91 Å². The summed E-state index contributed by atoms with van der Waals surface area (Å²) in [7, 11) is 0. The van der Waals surface area contributed by atoms with Crippen LogP contribution in [0.4, 0.5) is 0 Å². The molecule has 0 bridgehead atoms. The van der Waals surface area contributed by atoms with Crippen molar-refractivity contribution in [3.8, 4) is 0 Å². The fraction of sp³-hybridized carbons (Fsp3) is 0.417. The highest BCUT2D eigenvalue weighted by Gasteiger charge is 2.27. The van der Waals surface area contributed by atoms with Crippen LogP contribution < -0.4 is 10.7 Å². The van der Waals surface area contributed by atoms with E-state index in [1.54, 1.807) is 12.1 Å². The number of hydrogen-bond donors (Lipinski definition) is 1. The summed E-state index contributed by atoms with van der Waals surface area (Å²) in [5.74, 6) is 2.04. The lowest BCUT2D eigenvalue weighted by Crippen LogP contribution is -2.41. The molecule has 4 rings (SSSR count). The van der Waals surface area contributed by atoms with E-state index in [0.717, 1.165) is 43.0 Å². The monoisotopic (exact) mass is 444 g/mol. The van der Waals surface area contributed by atoms with Crippen molar-refractivity contribution in [3.63, 3.8) is 0 Å². The summed E-state index contributed by atoms with van der Waals surface area (Å²) >= 11 is 0. The summed E-state index contributed by atoms with van der Waals surface area (Å²) in [6, 6.07) is 10.5. The van der Waals surface area contributed by atoms with Gasteiger partial charge in [0.1, 0.15) is 17.1 Å². The highest BCUT2D eigenvalue weighted by molar-refractivity contribution is 5.93. The van der Waals surface area contributed by atoms with E-state index in [4.69, 9.17) is 8.83 Å². The maximum absolute atomic E-state index is 12.8. The van der Waals surface area contributed by atoms with Crippen molar-refractivity contribution in [1.29, 1.82) is 0 Å². The zero-order valence-corrected chi connectivity index (χ0v) is 19.0. The minimum Gasteiger partial charge on any atom is -0.465 e. The van der Waals surface area contributed by atoms with Gasteiger partial charge in [-0.15, -0.1) is 12.4 Å². The Labute approximate surface area is 188 Å². The molecule has 1 N–H and O–H groups in total. The smallest absolute Gasteiger partial charge is 0.287 e. The third kappa shape index (κ3) is 5.20. The molecule has 166 valence electrons. The number of hydrogen-bond acceptors (Lipinski definition) is 5. The number of furan rings is 1. The second-order valence-corrected chi connectivity index (χ2v) is 8.37. The Morgan fingerprint density at radius 2 is 1.87 bits per heavy atom. The van der Waals surface area contributed by atoms with Gasteiger partial charge in [0, 0.05) is 12.6 Å². The van der Waals surface area contributed by atoms with Crippen LogP contribution in [-0.4, -0.2) is 30.4 Å². The lowest BCUT2D eigenvalue weighted by molar-refractivity contribution is 0.0870. The highest BCUT2D eigenvalue weighted by atomic mass is 35.5. The summed E-state index contributed by atoms with van der Waals surface area (Å²) in [5, 5.41) is 3.42. The van der Waals surface area contributed by atoms with Gasteiger partial charge in [-0.25, -0.2) is 0 Å². The molecule has 6 nitrogen and oxygen atoms in total. The number of nitrogens with one attached hydrogen (secondary N) is 1. The van der Waals surface area contributed by atoms with Crippen LogP contribution in [0.25, 0.3) is 11.0 Å². The first-order chi connectivity index (χ1) is 14.4. The van der Waals surface area contributed by atoms with Gasteiger partial charge in [0.15, 0.2) is 11.2 Å². The molecule has 0 radical (unpaired) electrons. The Hall–Kier alpha value is -2.57. The number of rotatable bonds is 5. The first-order valence-electron chi connectivity index (χ1n) is 10.5. The molecule has 1 amide bonds. The zero-order chi connectivity index (χ0) is 21.3. The second-order valence-electron chi connectivity index (χ2n) is 8.37. The van der Waals surface area contributed by atoms with Gasteiger partial charge in [0.05, 0.1) is 11.4 Å². The van der Waals surface area contributed by atoms with E-state index in [2.05, 4.69) is 17.1 Å². The predicted molar refractivity (Wildman–Crippen MR) is 123 cm³/mol. The van der Waals surface area contributed by atoms with Crippen molar-refractivity contribution < 1.29 is 13.6 Å². The maximum Gasteiger partial charge on any atom is 0.287 e. The Balaban J connectivity index is 0.00000272. The Kier molecular flexibility index (Phi) is 7.23. The Morgan fingerprint density at radius 1 is 1.13 bits per heavy atom. The predicted octanol–water partition coefficient (Wildman–Crippen LogP) is 4.63. The van der Waals surface area contributed by atoms with E-state index >= 15 is 0 Å². The number of aryl methyl sites for hydroxylation is 2. The number of likely N-dealkylation sites (tertiary alicyclic amines) is 1. The van der Waals surface area contributed by atoms with Crippen LogP contribution in [-0.2, 0) is 0 Å². The molecule has 0 spiro atoms. The van der Waals surface area contributed by atoms with E-state index in [1.165, 1.54) is 6.07 Å². The van der Waals surface area contributed by atoms with E-state index in [9.17, 15) is 9.59 Å². The van der Waals surface area contributed by atoms with Crippen molar-refractivity contribution >= 4 is 29.3 Å². The number of carbonyl (C=O) groups excluding carboxylic acids is 1. The third-order valence-corrected chi connectivity index (χ3v) is 5.91. The molecule has 3 heterocycles. The van der Waals surface area contributed by atoms with Crippen molar-refractivity contribution in [3.05, 3.63) is 69.5 Å². The van der Waals surface area contributed by atoms with Gasteiger partial charge in [0.2, 0.25) is 0 Å². The average Bonchev–Trinajstić information content (AvgIpc) is 3.14. The van der Waals surface area contributed by atoms with E-state index < -0.39 is 5.91 Å². The molecule has 1 saturated heterocycles. The van der Waals surface area contributed by atoms with E-state index in [1.807, 2.05) is 32.0 Å². The number of carbonyl (C=O) groups is 1. The van der Waals surface area contributed by atoms with Crippen LogP contribution in [0.15, 0.2) is 50.0 Å². The summed E-state index contributed by atoms with van der Waals surface area (Å²) in [4.78, 5) is 27.6. The standard InChI is InChI=1S/C24H28N2O4.ClH/c1-15-8-10-26(11-9-15)19(21-7-5-17(3)29-21)14-25-24(28)23-13-20(27)18-6-4-16(2)12-22(18)30-23;/h4-7,12-13,15,19H,8-11,14H2,1-3H3,(H,25,28);1H. The van der Waals surface area contributed by atoms with Gasteiger partial charge in [-0.2, -0.15) is 0 Å². The molecule has 31 heavy (non-hydrogen) atoms. The SMILES string of the molecule is Cc1ccc2c(=O)cc(C(=O)NCC(c3ccc(C)o3)N3CCC(C)CC3)oc2c1.Cl. The van der Waals surface area contributed by atoms with Gasteiger partial charge in [-0.3, -0.25) is 14.5 Å². The van der Waals surface area contributed by atoms with Crippen LogP contribution >= 0.6 is 12.4 Å². The minimum atomic E-state index is -0.394. The lowest BCUT2D eigenvalue weighted by Gasteiger charge is -2.35. The summed E-state index contributed by atoms with van der Waals surface area (Å²) in [6.07, 6.45) is 2.26. The zero-order valence-electron chi connectivity index (χ0n) is 18.1. The molecule has 1 unspecified atom stereocenters. The molecule has 1 aromatic carbocycles. The van der Waals surface area contributed by atoms with Crippen molar-refractivity contribution in [2.24, 2.45) is 5.92 Å². The normalized spacial score (nSPS) is 16.1. The molecule has 2 aromatic heterocycles. The van der Waals surface area contributed by atoms with Crippen molar-refractivity contribution in [2.75, 3.05) is 19.6 Å². The quantitative estimate of drug-likeness (QED) is 0.621. The summed E-state index contributed by atoms with van der Waals surface area (Å²) in [6.45, 7) is 8.42. The molecule has 0 aliphatic carbocycles. The average molecular weight is 445 g/mol. The van der Waals surface area contributed by atoms with Crippen LogP contribution in [0.3, 0.4) is 0 Å². The van der Waals surface area contributed by atoms with Gasteiger partial charge in [-0.05, 0) is 75.5 Å². The maximum atomic E-state index is 12.8. The van der Waals surface area contributed by atoms with E-state index in [0.29, 0.717) is 23.4 Å². The number of nitrogens with zero attached hydrogens (tertiary/aromatic N) is 1. The number of amides is 1. The van der Waals surface area contributed by atoms with E-state index in [-0.39, 0.29) is 29.6 Å². The first-order valence-corrected chi connectivity index (χ1v) is 10.5. The van der Waals surface area contributed by atoms with Gasteiger partial charge in [-0.1, -0.05) is 13.0 Å². The lowest BCUT2D eigenvalue weighted by atomic mass is 9.97. The molecular weight excluding hydrogens is 416 g/mol. The van der Waals surface area contributed by atoms with Crippen LogP contribution in [0.1, 0.15) is 53.4 Å². The number of halogens is 1. The number of fused-ring (bicyclic) bond motifs is 1. The van der Waals surface area contributed by atoms with Crippen molar-refractivity contribution in [1.82, 2.24) is 10.2 Å². The molecule has 3 aromatic rings. The molecule has 1 atom stereocenters. The summed E-state index contributed by atoms with van der Waals surface area (Å²) in [5.41, 5.74) is 1.18. The van der Waals surface area contributed by atoms with Gasteiger partial charge >= 0.3 is 0 Å². The fourth-order valence-electron chi connectivity index (χ4n) is 4.03. The Morgan fingerprint density at radius 3 is 2.55 bits per heavy atom.